The zero-order valence-corrected chi connectivity index (χ0v) is 19.0. The van der Waals surface area contributed by atoms with E-state index in [0.717, 1.165) is 19.6 Å². The number of methoxy groups -OCH3 is 2. The summed E-state index contributed by atoms with van der Waals surface area (Å²) in [6, 6.07) is 10.5. The second-order valence-electron chi connectivity index (χ2n) is 7.81. The van der Waals surface area contributed by atoms with E-state index in [-0.39, 0.29) is 6.03 Å². The number of amides is 2. The van der Waals surface area contributed by atoms with Crippen LogP contribution in [0.3, 0.4) is 0 Å². The molecule has 0 aliphatic carbocycles. The molecule has 0 radical (unpaired) electrons. The first kappa shape index (κ1) is 22.6. The van der Waals surface area contributed by atoms with Crippen molar-refractivity contribution in [2.75, 3.05) is 45.7 Å². The number of anilines is 1. The van der Waals surface area contributed by atoms with Gasteiger partial charge in [-0.3, -0.25) is 0 Å². The lowest BCUT2D eigenvalue weighted by Gasteiger charge is -2.26. The van der Waals surface area contributed by atoms with Crippen LogP contribution in [0.4, 0.5) is 10.5 Å². The fraction of sp³-hybridized carbons (Fsp3) is 0.375. The van der Waals surface area contributed by atoms with Crippen LogP contribution < -0.4 is 24.8 Å². The third-order valence-electron chi connectivity index (χ3n) is 5.59. The van der Waals surface area contributed by atoms with Crippen LogP contribution in [0.2, 0.25) is 0 Å². The third kappa shape index (κ3) is 5.81. The van der Waals surface area contributed by atoms with Gasteiger partial charge in [-0.25, -0.2) is 14.8 Å². The number of likely N-dealkylation sites (tertiary alicyclic amines) is 1. The Morgan fingerprint density at radius 3 is 2.45 bits per heavy atom. The standard InChI is InChI=1S/C24H29N5O4/c1-31-21-14-19-20(15-22(21)32-2)26-16-27-23(19)33-18-8-6-17(7-9-18)28-24(30)25-10-13-29-11-4-3-5-12-29/h6-9,14-16H,3-5,10-13H2,1-2H3,(H2,25,28,30). The largest absolute Gasteiger partial charge is 0.493 e. The molecular formula is C24H29N5O4. The summed E-state index contributed by atoms with van der Waals surface area (Å²) in [6.07, 6.45) is 5.23. The van der Waals surface area contributed by atoms with Crippen LogP contribution in [-0.4, -0.2) is 61.3 Å². The molecule has 2 N–H and O–H groups in total. The zero-order chi connectivity index (χ0) is 23.0. The highest BCUT2D eigenvalue weighted by atomic mass is 16.5. The molecule has 1 aliphatic rings. The highest BCUT2D eigenvalue weighted by molar-refractivity contribution is 5.89. The molecule has 2 heterocycles. The SMILES string of the molecule is COc1cc2ncnc(Oc3ccc(NC(=O)NCCN4CCCCC4)cc3)c2cc1OC. The van der Waals surface area contributed by atoms with Crippen LogP contribution in [0.5, 0.6) is 23.1 Å². The first-order valence-corrected chi connectivity index (χ1v) is 11.1. The summed E-state index contributed by atoms with van der Waals surface area (Å²) in [4.78, 5) is 23.1. The number of urea groups is 1. The summed E-state index contributed by atoms with van der Waals surface area (Å²) in [5.74, 6) is 2.13. The normalized spacial score (nSPS) is 14.0. The molecule has 0 unspecified atom stereocenters. The van der Waals surface area contributed by atoms with E-state index in [1.165, 1.54) is 25.6 Å². The number of aromatic nitrogens is 2. The van der Waals surface area contributed by atoms with Crippen molar-refractivity contribution in [2.45, 2.75) is 19.3 Å². The van der Waals surface area contributed by atoms with Crippen LogP contribution in [0.1, 0.15) is 19.3 Å². The number of fused-ring (bicyclic) bond motifs is 1. The molecule has 1 saturated heterocycles. The minimum absolute atomic E-state index is 0.219. The van der Waals surface area contributed by atoms with Crippen molar-refractivity contribution in [1.82, 2.24) is 20.2 Å². The predicted molar refractivity (Wildman–Crippen MR) is 126 cm³/mol. The first-order chi connectivity index (χ1) is 16.2. The highest BCUT2D eigenvalue weighted by Gasteiger charge is 2.13. The molecule has 174 valence electrons. The van der Waals surface area contributed by atoms with Gasteiger partial charge >= 0.3 is 6.03 Å². The van der Waals surface area contributed by atoms with E-state index >= 15 is 0 Å². The van der Waals surface area contributed by atoms with Crippen molar-refractivity contribution in [3.05, 3.63) is 42.7 Å². The van der Waals surface area contributed by atoms with Crippen molar-refractivity contribution in [2.24, 2.45) is 0 Å². The summed E-state index contributed by atoms with van der Waals surface area (Å²) in [5.41, 5.74) is 1.36. The molecule has 0 atom stereocenters. The summed E-state index contributed by atoms with van der Waals surface area (Å²) >= 11 is 0. The molecule has 2 amide bonds. The summed E-state index contributed by atoms with van der Waals surface area (Å²) in [6.45, 7) is 3.74. The van der Waals surface area contributed by atoms with E-state index in [4.69, 9.17) is 14.2 Å². The fourth-order valence-electron chi connectivity index (χ4n) is 3.84. The van der Waals surface area contributed by atoms with Gasteiger partial charge in [0.2, 0.25) is 5.88 Å². The maximum Gasteiger partial charge on any atom is 0.319 e. The average molecular weight is 452 g/mol. The Labute approximate surface area is 193 Å². The quantitative estimate of drug-likeness (QED) is 0.533. The van der Waals surface area contributed by atoms with Gasteiger partial charge in [-0.15, -0.1) is 0 Å². The Morgan fingerprint density at radius 2 is 1.73 bits per heavy atom. The predicted octanol–water partition coefficient (Wildman–Crippen LogP) is 4.05. The van der Waals surface area contributed by atoms with Crippen molar-refractivity contribution in [3.8, 4) is 23.1 Å². The molecule has 1 aromatic heterocycles. The third-order valence-corrected chi connectivity index (χ3v) is 5.59. The fourth-order valence-corrected chi connectivity index (χ4v) is 3.84. The number of carbonyl (C=O) groups is 1. The van der Waals surface area contributed by atoms with Crippen molar-refractivity contribution < 1.29 is 19.0 Å². The van der Waals surface area contributed by atoms with Crippen molar-refractivity contribution >= 4 is 22.6 Å². The van der Waals surface area contributed by atoms with E-state index in [0.29, 0.717) is 46.3 Å². The molecule has 3 aromatic rings. The van der Waals surface area contributed by atoms with E-state index < -0.39 is 0 Å². The van der Waals surface area contributed by atoms with Gasteiger partial charge in [-0.2, -0.15) is 0 Å². The number of nitrogens with one attached hydrogen (secondary N) is 2. The first-order valence-electron chi connectivity index (χ1n) is 11.1. The van der Waals surface area contributed by atoms with Crippen LogP contribution in [0.15, 0.2) is 42.7 Å². The van der Waals surface area contributed by atoms with Crippen LogP contribution in [0, 0.1) is 0 Å². The number of ether oxygens (including phenoxy) is 3. The van der Waals surface area contributed by atoms with Crippen LogP contribution >= 0.6 is 0 Å². The Bertz CT molecular complexity index is 1080. The molecule has 0 saturated carbocycles. The van der Waals surface area contributed by atoms with Gasteiger partial charge < -0.3 is 29.7 Å². The molecule has 0 bridgehead atoms. The maximum atomic E-state index is 12.2. The maximum absolute atomic E-state index is 12.2. The lowest BCUT2D eigenvalue weighted by atomic mass is 10.1. The average Bonchev–Trinajstić information content (AvgIpc) is 2.85. The van der Waals surface area contributed by atoms with E-state index in [2.05, 4.69) is 25.5 Å². The minimum atomic E-state index is -0.219. The molecular weight excluding hydrogens is 422 g/mol. The molecule has 2 aromatic carbocycles. The number of carbonyl (C=O) groups excluding carboxylic acids is 1. The van der Waals surface area contributed by atoms with Gasteiger partial charge in [0.1, 0.15) is 12.1 Å². The Hall–Kier alpha value is -3.59. The smallest absolute Gasteiger partial charge is 0.319 e. The van der Waals surface area contributed by atoms with Crippen LogP contribution in [0.25, 0.3) is 10.9 Å². The van der Waals surface area contributed by atoms with Gasteiger partial charge in [0.05, 0.1) is 25.1 Å². The summed E-state index contributed by atoms with van der Waals surface area (Å²) in [7, 11) is 3.15. The van der Waals surface area contributed by atoms with Crippen molar-refractivity contribution in [3.63, 3.8) is 0 Å². The molecule has 9 nitrogen and oxygen atoms in total. The van der Waals surface area contributed by atoms with E-state index in [1.54, 1.807) is 50.6 Å². The zero-order valence-electron chi connectivity index (χ0n) is 19.0. The molecule has 1 fully saturated rings. The number of nitrogens with zero attached hydrogens (tertiary/aromatic N) is 3. The molecule has 9 heteroatoms. The number of benzene rings is 2. The van der Waals surface area contributed by atoms with E-state index in [9.17, 15) is 4.79 Å². The second kappa shape index (κ2) is 10.8. The highest BCUT2D eigenvalue weighted by Crippen LogP contribution is 2.35. The minimum Gasteiger partial charge on any atom is -0.493 e. The Balaban J connectivity index is 1.35. The second-order valence-corrected chi connectivity index (χ2v) is 7.81. The molecule has 1 aliphatic heterocycles. The van der Waals surface area contributed by atoms with Gasteiger partial charge in [0.15, 0.2) is 11.5 Å². The number of hydrogen-bond acceptors (Lipinski definition) is 7. The van der Waals surface area contributed by atoms with Gasteiger partial charge in [-0.05, 0) is 56.3 Å². The number of hydrogen-bond donors (Lipinski definition) is 2. The van der Waals surface area contributed by atoms with Crippen molar-refractivity contribution in [1.29, 1.82) is 0 Å². The van der Waals surface area contributed by atoms with Gasteiger partial charge in [0, 0.05) is 24.8 Å². The number of piperidine rings is 1. The lowest BCUT2D eigenvalue weighted by molar-refractivity contribution is 0.224. The summed E-state index contributed by atoms with van der Waals surface area (Å²) in [5, 5.41) is 6.46. The Morgan fingerprint density at radius 1 is 1.00 bits per heavy atom. The van der Waals surface area contributed by atoms with E-state index in [1.807, 2.05) is 0 Å². The van der Waals surface area contributed by atoms with Crippen LogP contribution in [-0.2, 0) is 0 Å². The van der Waals surface area contributed by atoms with Gasteiger partial charge in [-0.1, -0.05) is 6.42 Å². The molecule has 33 heavy (non-hydrogen) atoms. The monoisotopic (exact) mass is 451 g/mol. The summed E-state index contributed by atoms with van der Waals surface area (Å²) < 4.78 is 16.7. The lowest BCUT2D eigenvalue weighted by Crippen LogP contribution is -2.39. The molecule has 4 rings (SSSR count). The molecule has 0 spiro atoms. The Kier molecular flexibility index (Phi) is 7.41. The number of rotatable bonds is 8. The van der Waals surface area contributed by atoms with Gasteiger partial charge in [0.25, 0.3) is 0 Å². The topological polar surface area (TPSA) is 97.8 Å².